The number of hydrogen-bond donors (Lipinski definition) is 2. The summed E-state index contributed by atoms with van der Waals surface area (Å²) in [6, 6.07) is 14.6. The summed E-state index contributed by atoms with van der Waals surface area (Å²) in [7, 11) is 0. The highest BCUT2D eigenvalue weighted by atomic mass is 15.2. The Labute approximate surface area is 119 Å². The first-order valence-corrected chi connectivity index (χ1v) is 7.34. The molecule has 0 unspecified atom stereocenters. The number of fused-ring (bicyclic) bond motifs is 1. The molecule has 3 heterocycles. The van der Waals surface area contributed by atoms with Gasteiger partial charge in [0.05, 0.1) is 0 Å². The van der Waals surface area contributed by atoms with Gasteiger partial charge in [-0.05, 0) is 43.5 Å². The first-order chi connectivity index (χ1) is 9.93. The highest BCUT2D eigenvalue weighted by molar-refractivity contribution is 5.83. The minimum absolute atomic E-state index is 1.20. The van der Waals surface area contributed by atoms with Crippen LogP contribution in [0.3, 0.4) is 0 Å². The summed E-state index contributed by atoms with van der Waals surface area (Å²) in [4.78, 5) is 8.81. The second-order valence-electron chi connectivity index (χ2n) is 5.17. The minimum atomic E-state index is 1.20. The minimum Gasteiger partial charge on any atom is -0.368 e. The number of hydrogen-bond acceptors (Lipinski definition) is 1. The van der Waals surface area contributed by atoms with Crippen LogP contribution in [0.15, 0.2) is 54.9 Å². The zero-order valence-corrected chi connectivity index (χ0v) is 11.7. The van der Waals surface area contributed by atoms with E-state index in [0.29, 0.717) is 0 Å². The van der Waals surface area contributed by atoms with E-state index in [-0.39, 0.29) is 0 Å². The number of nitrogens with one attached hydrogen (secondary N) is 2. The number of piperidine rings is 1. The summed E-state index contributed by atoms with van der Waals surface area (Å²) in [6.07, 6.45) is 7.79. The summed E-state index contributed by atoms with van der Waals surface area (Å²) in [5.41, 5.74) is 1.25. The van der Waals surface area contributed by atoms with Gasteiger partial charge in [-0.2, -0.15) is 0 Å². The summed E-state index contributed by atoms with van der Waals surface area (Å²) < 4.78 is 0. The van der Waals surface area contributed by atoms with Crippen LogP contribution in [0.4, 0.5) is 5.82 Å². The van der Waals surface area contributed by atoms with E-state index in [2.05, 4.69) is 45.2 Å². The van der Waals surface area contributed by atoms with Crippen molar-refractivity contribution in [1.82, 2.24) is 9.97 Å². The molecule has 1 fully saturated rings. The smallest absolute Gasteiger partial charge is 0.106 e. The number of para-hydroxylation sites is 1. The van der Waals surface area contributed by atoms with Gasteiger partial charge in [-0.15, -0.1) is 0 Å². The third-order valence-electron chi connectivity index (χ3n) is 3.71. The van der Waals surface area contributed by atoms with E-state index in [1.54, 1.807) is 0 Å². The van der Waals surface area contributed by atoms with E-state index >= 15 is 0 Å². The Bertz CT molecular complexity index is 568. The molecule has 104 valence electrons. The van der Waals surface area contributed by atoms with E-state index in [4.69, 9.17) is 0 Å². The molecule has 2 aromatic heterocycles. The first-order valence-electron chi connectivity index (χ1n) is 7.34. The lowest BCUT2D eigenvalue weighted by molar-refractivity contribution is 0.574. The average molecular weight is 267 g/mol. The highest BCUT2D eigenvalue weighted by Gasteiger charge is 2.12. The van der Waals surface area contributed by atoms with Crippen LogP contribution < -0.4 is 4.90 Å². The molecule has 20 heavy (non-hydrogen) atoms. The van der Waals surface area contributed by atoms with Crippen LogP contribution in [0.5, 0.6) is 0 Å². The van der Waals surface area contributed by atoms with Crippen molar-refractivity contribution in [2.45, 2.75) is 19.3 Å². The predicted molar refractivity (Wildman–Crippen MR) is 85.2 cm³/mol. The third-order valence-corrected chi connectivity index (χ3v) is 3.71. The topological polar surface area (TPSA) is 34.8 Å². The maximum absolute atomic E-state index is 3.49. The number of nitrogens with zero attached hydrogens (tertiary/aromatic N) is 1. The van der Waals surface area contributed by atoms with Crippen LogP contribution in [0, 0.1) is 0 Å². The van der Waals surface area contributed by atoms with Gasteiger partial charge in [-0.1, -0.05) is 18.2 Å². The van der Waals surface area contributed by atoms with Crippen molar-refractivity contribution in [3.8, 4) is 0 Å². The van der Waals surface area contributed by atoms with Gasteiger partial charge < -0.3 is 14.9 Å². The average Bonchev–Trinajstić information content (AvgIpc) is 3.20. The van der Waals surface area contributed by atoms with Crippen molar-refractivity contribution in [2.24, 2.45) is 0 Å². The Morgan fingerprint density at radius 2 is 1.60 bits per heavy atom. The van der Waals surface area contributed by atoms with Crippen molar-refractivity contribution in [2.75, 3.05) is 18.0 Å². The molecule has 0 spiro atoms. The summed E-state index contributed by atoms with van der Waals surface area (Å²) in [6.45, 7) is 2.40. The zero-order valence-electron chi connectivity index (χ0n) is 11.7. The van der Waals surface area contributed by atoms with E-state index in [1.807, 2.05) is 24.5 Å². The Morgan fingerprint density at radius 1 is 0.850 bits per heavy atom. The van der Waals surface area contributed by atoms with Crippen LogP contribution in [-0.2, 0) is 0 Å². The zero-order chi connectivity index (χ0) is 13.6. The molecule has 1 aliphatic heterocycles. The molecule has 3 nitrogen and oxygen atoms in total. The quantitative estimate of drug-likeness (QED) is 0.681. The molecule has 0 aliphatic carbocycles. The lowest BCUT2D eigenvalue weighted by atomic mass is 10.1. The molecule has 0 atom stereocenters. The van der Waals surface area contributed by atoms with Crippen LogP contribution in [0.25, 0.3) is 10.9 Å². The monoisotopic (exact) mass is 267 g/mol. The summed E-state index contributed by atoms with van der Waals surface area (Å²) >= 11 is 0. The number of rotatable bonds is 1. The standard InChI is InChI=1S/C13H16N2.C4H5N/c1-4-8-15(9-5-1)13-10-11-6-2-3-7-12(11)14-13;1-2-4-5-3-1/h2-3,6-7,10,14H,1,4-5,8-9H2;1-5H. The second kappa shape index (κ2) is 6.33. The number of H-pyrrole nitrogens is 2. The van der Waals surface area contributed by atoms with Crippen molar-refractivity contribution >= 4 is 16.7 Å². The Balaban J connectivity index is 0.000000205. The van der Waals surface area contributed by atoms with Gasteiger partial charge in [-0.3, -0.25) is 0 Å². The third kappa shape index (κ3) is 3.05. The van der Waals surface area contributed by atoms with Gasteiger partial charge in [0.2, 0.25) is 0 Å². The SMILES string of the molecule is c1cc[nH]c1.c1ccc2[nH]c(N3CCCCC3)cc2c1. The molecule has 4 rings (SSSR count). The Hall–Kier alpha value is -2.16. The van der Waals surface area contributed by atoms with Crippen LogP contribution in [0.2, 0.25) is 0 Å². The summed E-state index contributed by atoms with van der Waals surface area (Å²) in [5, 5.41) is 1.32. The maximum atomic E-state index is 3.49. The van der Waals surface area contributed by atoms with E-state index < -0.39 is 0 Å². The summed E-state index contributed by atoms with van der Waals surface area (Å²) in [5.74, 6) is 1.29. The molecule has 0 bridgehead atoms. The largest absolute Gasteiger partial charge is 0.368 e. The Kier molecular flexibility index (Phi) is 4.07. The van der Waals surface area contributed by atoms with Gasteiger partial charge >= 0.3 is 0 Å². The molecule has 1 saturated heterocycles. The van der Waals surface area contributed by atoms with Crippen LogP contribution in [0.1, 0.15) is 19.3 Å². The normalized spacial score (nSPS) is 14.9. The lowest BCUT2D eigenvalue weighted by Gasteiger charge is -2.27. The Morgan fingerprint density at radius 3 is 2.25 bits per heavy atom. The molecule has 2 N–H and O–H groups in total. The van der Waals surface area contributed by atoms with E-state index in [9.17, 15) is 0 Å². The van der Waals surface area contributed by atoms with Crippen molar-refractivity contribution in [3.63, 3.8) is 0 Å². The fraction of sp³-hybridized carbons (Fsp3) is 0.294. The predicted octanol–water partition coefficient (Wildman–Crippen LogP) is 4.17. The molecule has 0 radical (unpaired) electrons. The van der Waals surface area contributed by atoms with Gasteiger partial charge in [0, 0.05) is 36.4 Å². The highest BCUT2D eigenvalue weighted by Crippen LogP contribution is 2.23. The van der Waals surface area contributed by atoms with Gasteiger partial charge in [0.15, 0.2) is 0 Å². The van der Waals surface area contributed by atoms with Crippen molar-refractivity contribution < 1.29 is 0 Å². The van der Waals surface area contributed by atoms with Gasteiger partial charge in [0.25, 0.3) is 0 Å². The number of benzene rings is 1. The van der Waals surface area contributed by atoms with Crippen LogP contribution >= 0.6 is 0 Å². The number of aromatic nitrogens is 2. The molecular formula is C17H21N3. The van der Waals surface area contributed by atoms with Crippen molar-refractivity contribution in [3.05, 3.63) is 54.9 Å². The maximum Gasteiger partial charge on any atom is 0.106 e. The lowest BCUT2D eigenvalue weighted by Crippen LogP contribution is -2.29. The molecule has 1 aromatic carbocycles. The fourth-order valence-electron chi connectivity index (χ4n) is 2.64. The molecule has 0 amide bonds. The molecule has 0 saturated carbocycles. The number of aromatic amines is 2. The molecule has 1 aliphatic rings. The fourth-order valence-corrected chi connectivity index (χ4v) is 2.64. The first kappa shape index (κ1) is 12.9. The van der Waals surface area contributed by atoms with E-state index in [0.717, 1.165) is 0 Å². The van der Waals surface area contributed by atoms with E-state index in [1.165, 1.54) is 49.1 Å². The number of anilines is 1. The molecule has 3 aromatic rings. The molecular weight excluding hydrogens is 246 g/mol. The second-order valence-corrected chi connectivity index (χ2v) is 5.17. The van der Waals surface area contributed by atoms with Gasteiger partial charge in [-0.25, -0.2) is 0 Å². The van der Waals surface area contributed by atoms with Crippen LogP contribution in [-0.4, -0.2) is 23.1 Å². The van der Waals surface area contributed by atoms with Gasteiger partial charge in [0.1, 0.15) is 5.82 Å². The molecule has 3 heteroatoms. The van der Waals surface area contributed by atoms with Crippen molar-refractivity contribution in [1.29, 1.82) is 0 Å².